The highest BCUT2D eigenvalue weighted by molar-refractivity contribution is 7.85. The van der Waals surface area contributed by atoms with Gasteiger partial charge in [-0.05, 0) is 25.1 Å². The standard InChI is InChI=1S/C10H11FO2S/c1-8(12)5-6-14(13)10-4-2-3-9(11)7-10/h2-4,7H,5-6H2,1H3. The summed E-state index contributed by atoms with van der Waals surface area (Å²) in [4.78, 5) is 11.1. The first kappa shape index (κ1) is 11.0. The van der Waals surface area contributed by atoms with Gasteiger partial charge in [0.25, 0.3) is 0 Å². The van der Waals surface area contributed by atoms with E-state index in [4.69, 9.17) is 0 Å². The Balaban J connectivity index is 2.65. The summed E-state index contributed by atoms with van der Waals surface area (Å²) in [5, 5.41) is 0. The van der Waals surface area contributed by atoms with Gasteiger partial charge in [-0.2, -0.15) is 0 Å². The summed E-state index contributed by atoms with van der Waals surface area (Å²) in [6.45, 7) is 1.45. The normalized spacial score (nSPS) is 12.4. The first-order valence-electron chi connectivity index (χ1n) is 4.23. The molecular formula is C10H11FO2S. The minimum Gasteiger partial charge on any atom is -0.300 e. The fourth-order valence-corrected chi connectivity index (χ4v) is 2.15. The van der Waals surface area contributed by atoms with Gasteiger partial charge in [-0.15, -0.1) is 0 Å². The van der Waals surface area contributed by atoms with Gasteiger partial charge in [0.05, 0.1) is 10.8 Å². The Morgan fingerprint density at radius 3 is 2.79 bits per heavy atom. The Morgan fingerprint density at radius 2 is 2.21 bits per heavy atom. The topological polar surface area (TPSA) is 34.1 Å². The molecule has 0 amide bonds. The van der Waals surface area contributed by atoms with E-state index in [1.54, 1.807) is 6.07 Å². The van der Waals surface area contributed by atoms with E-state index in [-0.39, 0.29) is 18.0 Å². The van der Waals surface area contributed by atoms with Gasteiger partial charge in [-0.1, -0.05) is 6.07 Å². The van der Waals surface area contributed by atoms with Crippen LogP contribution in [0.4, 0.5) is 4.39 Å². The van der Waals surface area contributed by atoms with Crippen LogP contribution >= 0.6 is 0 Å². The van der Waals surface area contributed by atoms with E-state index in [9.17, 15) is 13.4 Å². The van der Waals surface area contributed by atoms with Crippen LogP contribution in [0.2, 0.25) is 0 Å². The Morgan fingerprint density at radius 1 is 1.50 bits per heavy atom. The van der Waals surface area contributed by atoms with Crippen LogP contribution in [0.25, 0.3) is 0 Å². The second-order valence-corrected chi connectivity index (χ2v) is 4.53. The zero-order chi connectivity index (χ0) is 10.6. The number of rotatable bonds is 4. The molecule has 0 aromatic heterocycles. The lowest BCUT2D eigenvalue weighted by atomic mass is 10.3. The predicted octanol–water partition coefficient (Wildman–Crippen LogP) is 1.91. The van der Waals surface area contributed by atoms with Crippen molar-refractivity contribution in [3.8, 4) is 0 Å². The third-order valence-electron chi connectivity index (χ3n) is 1.70. The highest BCUT2D eigenvalue weighted by Gasteiger charge is 2.05. The monoisotopic (exact) mass is 214 g/mol. The molecule has 0 radical (unpaired) electrons. The molecule has 14 heavy (non-hydrogen) atoms. The Labute approximate surface area is 84.6 Å². The highest BCUT2D eigenvalue weighted by atomic mass is 32.2. The zero-order valence-corrected chi connectivity index (χ0v) is 8.64. The number of hydrogen-bond donors (Lipinski definition) is 0. The summed E-state index contributed by atoms with van der Waals surface area (Å²) in [6.07, 6.45) is 0.267. The predicted molar refractivity (Wildman–Crippen MR) is 53.0 cm³/mol. The van der Waals surface area contributed by atoms with E-state index < -0.39 is 16.6 Å². The van der Waals surface area contributed by atoms with Gasteiger partial charge in [-0.3, -0.25) is 9.00 Å². The van der Waals surface area contributed by atoms with Crippen LogP contribution in [0.1, 0.15) is 13.3 Å². The number of Topliss-reactive ketones (excluding diaryl/α,β-unsaturated/α-hetero) is 1. The molecule has 0 aliphatic carbocycles. The van der Waals surface area contributed by atoms with Gasteiger partial charge in [0, 0.05) is 17.1 Å². The van der Waals surface area contributed by atoms with Crippen LogP contribution in [0.3, 0.4) is 0 Å². The fourth-order valence-electron chi connectivity index (χ4n) is 0.963. The summed E-state index contributed by atoms with van der Waals surface area (Å²) < 4.78 is 24.2. The molecule has 76 valence electrons. The van der Waals surface area contributed by atoms with Gasteiger partial charge in [0.1, 0.15) is 11.6 Å². The maximum Gasteiger partial charge on any atom is 0.130 e. The second-order valence-electron chi connectivity index (χ2n) is 2.96. The quantitative estimate of drug-likeness (QED) is 0.767. The van der Waals surface area contributed by atoms with Gasteiger partial charge in [-0.25, -0.2) is 4.39 Å². The van der Waals surface area contributed by atoms with Crippen molar-refractivity contribution in [1.29, 1.82) is 0 Å². The molecule has 0 aliphatic rings. The van der Waals surface area contributed by atoms with E-state index in [1.807, 2.05) is 0 Å². The van der Waals surface area contributed by atoms with Gasteiger partial charge in [0.15, 0.2) is 0 Å². The lowest BCUT2D eigenvalue weighted by Gasteiger charge is -2.00. The van der Waals surface area contributed by atoms with Crippen LogP contribution in [-0.2, 0) is 15.6 Å². The van der Waals surface area contributed by atoms with E-state index in [0.29, 0.717) is 4.90 Å². The average Bonchev–Trinajstić information content (AvgIpc) is 2.14. The molecule has 1 unspecified atom stereocenters. The van der Waals surface area contributed by atoms with E-state index in [1.165, 1.54) is 25.1 Å². The van der Waals surface area contributed by atoms with Gasteiger partial charge >= 0.3 is 0 Å². The maximum absolute atomic E-state index is 12.7. The molecule has 0 fully saturated rings. The molecular weight excluding hydrogens is 203 g/mol. The van der Waals surface area contributed by atoms with Gasteiger partial charge < -0.3 is 0 Å². The number of halogens is 1. The summed E-state index contributed by atoms with van der Waals surface area (Å²) >= 11 is 0. The second kappa shape index (κ2) is 5.00. The Bertz CT molecular complexity index is 363. The first-order valence-corrected chi connectivity index (χ1v) is 5.55. The highest BCUT2D eigenvalue weighted by Crippen LogP contribution is 2.09. The van der Waals surface area contributed by atoms with E-state index in [0.717, 1.165) is 0 Å². The van der Waals surface area contributed by atoms with E-state index in [2.05, 4.69) is 0 Å². The number of carbonyl (C=O) groups excluding carboxylic acids is 1. The minimum atomic E-state index is -1.28. The Hall–Kier alpha value is -1.03. The molecule has 0 saturated heterocycles. The molecule has 4 heteroatoms. The lowest BCUT2D eigenvalue weighted by Crippen LogP contribution is -2.03. The number of hydrogen-bond acceptors (Lipinski definition) is 2. The largest absolute Gasteiger partial charge is 0.300 e. The van der Waals surface area contributed by atoms with Crippen molar-refractivity contribution in [3.63, 3.8) is 0 Å². The molecule has 1 aromatic rings. The van der Waals surface area contributed by atoms with Crippen molar-refractivity contribution < 1.29 is 13.4 Å². The Kier molecular flexibility index (Phi) is 3.95. The van der Waals surface area contributed by atoms with Crippen molar-refractivity contribution in [1.82, 2.24) is 0 Å². The number of carbonyl (C=O) groups is 1. The first-order chi connectivity index (χ1) is 6.59. The molecule has 0 spiro atoms. The lowest BCUT2D eigenvalue weighted by molar-refractivity contribution is -0.116. The van der Waals surface area contributed by atoms with Crippen LogP contribution in [0, 0.1) is 5.82 Å². The molecule has 1 aromatic carbocycles. The van der Waals surface area contributed by atoms with Crippen LogP contribution < -0.4 is 0 Å². The smallest absolute Gasteiger partial charge is 0.130 e. The number of benzene rings is 1. The van der Waals surface area contributed by atoms with Crippen molar-refractivity contribution in [2.24, 2.45) is 0 Å². The maximum atomic E-state index is 12.7. The average molecular weight is 214 g/mol. The molecule has 0 N–H and O–H groups in total. The molecule has 0 heterocycles. The third kappa shape index (κ3) is 3.38. The fraction of sp³-hybridized carbons (Fsp3) is 0.300. The van der Waals surface area contributed by atoms with E-state index >= 15 is 0 Å². The van der Waals surface area contributed by atoms with Crippen molar-refractivity contribution in [2.45, 2.75) is 18.2 Å². The van der Waals surface area contributed by atoms with Crippen LogP contribution in [-0.4, -0.2) is 15.7 Å². The molecule has 1 atom stereocenters. The summed E-state index contributed by atoms with van der Waals surface area (Å²) in [7, 11) is -1.28. The number of ketones is 1. The molecule has 1 rings (SSSR count). The third-order valence-corrected chi connectivity index (χ3v) is 3.05. The molecule has 0 aliphatic heterocycles. The molecule has 2 nitrogen and oxygen atoms in total. The summed E-state index contributed by atoms with van der Waals surface area (Å²) in [5.41, 5.74) is 0. The summed E-state index contributed by atoms with van der Waals surface area (Å²) in [5.74, 6) is -0.146. The van der Waals surface area contributed by atoms with Crippen molar-refractivity contribution in [2.75, 3.05) is 5.75 Å². The molecule has 0 saturated carbocycles. The van der Waals surface area contributed by atoms with Crippen LogP contribution in [0.15, 0.2) is 29.2 Å². The minimum absolute atomic E-state index is 0.00486. The molecule has 0 bridgehead atoms. The van der Waals surface area contributed by atoms with Crippen LogP contribution in [0.5, 0.6) is 0 Å². The van der Waals surface area contributed by atoms with Gasteiger partial charge in [0.2, 0.25) is 0 Å². The van der Waals surface area contributed by atoms with Crippen molar-refractivity contribution in [3.05, 3.63) is 30.1 Å². The van der Waals surface area contributed by atoms with Crippen molar-refractivity contribution >= 4 is 16.6 Å². The zero-order valence-electron chi connectivity index (χ0n) is 7.83. The SMILES string of the molecule is CC(=O)CCS(=O)c1cccc(F)c1. The summed E-state index contributed by atoms with van der Waals surface area (Å²) in [6, 6.07) is 5.64.